The Hall–Kier alpha value is -3.52. The molecule has 0 spiro atoms. The molecule has 0 bridgehead atoms. The van der Waals surface area contributed by atoms with Crippen LogP contribution in [0.1, 0.15) is 0 Å². The number of hydrogen-bond acceptors (Lipinski definition) is 4. The monoisotopic (exact) mass is 423 g/mol. The zero-order valence-electron chi connectivity index (χ0n) is 15.5. The van der Waals surface area contributed by atoms with E-state index in [0.29, 0.717) is 10.9 Å². The third kappa shape index (κ3) is 3.95. The number of halogens is 2. The molecule has 0 fully saturated rings. The van der Waals surface area contributed by atoms with Crippen LogP contribution >= 0.6 is 11.8 Å². The molecule has 0 radical (unpaired) electrons. The lowest BCUT2D eigenvalue weighted by Crippen LogP contribution is -2.23. The Bertz CT molecular complexity index is 1310. The minimum atomic E-state index is -0.589. The Kier molecular flexibility index (Phi) is 5.58. The van der Waals surface area contributed by atoms with Gasteiger partial charge in [-0.3, -0.25) is 14.2 Å². The van der Waals surface area contributed by atoms with E-state index in [2.05, 4.69) is 10.3 Å². The molecule has 0 aliphatic heterocycles. The fourth-order valence-electron chi connectivity index (χ4n) is 2.93. The fourth-order valence-corrected chi connectivity index (χ4v) is 3.74. The van der Waals surface area contributed by atoms with Crippen LogP contribution in [0.4, 0.5) is 14.5 Å². The van der Waals surface area contributed by atoms with Crippen LogP contribution in [-0.4, -0.2) is 21.2 Å². The Morgan fingerprint density at radius 3 is 2.37 bits per heavy atom. The van der Waals surface area contributed by atoms with E-state index in [1.54, 1.807) is 36.4 Å². The average molecular weight is 423 g/mol. The van der Waals surface area contributed by atoms with Crippen molar-refractivity contribution >= 4 is 34.3 Å². The lowest BCUT2D eigenvalue weighted by molar-refractivity contribution is -0.113. The lowest BCUT2D eigenvalue weighted by Gasteiger charge is -2.14. The number of para-hydroxylation sites is 3. The van der Waals surface area contributed by atoms with Gasteiger partial charge in [0.05, 0.1) is 28.0 Å². The average Bonchev–Trinajstić information content (AvgIpc) is 2.75. The molecule has 0 aliphatic carbocycles. The first-order valence-corrected chi connectivity index (χ1v) is 9.97. The molecule has 3 aromatic carbocycles. The van der Waals surface area contributed by atoms with E-state index in [1.807, 2.05) is 0 Å². The number of aromatic nitrogens is 2. The minimum absolute atomic E-state index is 0.0396. The summed E-state index contributed by atoms with van der Waals surface area (Å²) in [5.74, 6) is -1.77. The summed E-state index contributed by atoms with van der Waals surface area (Å²) in [6.45, 7) is 0. The minimum Gasteiger partial charge on any atom is -0.323 e. The Labute approximate surface area is 174 Å². The number of amides is 1. The number of fused-ring (bicyclic) bond motifs is 1. The van der Waals surface area contributed by atoms with Crippen molar-refractivity contribution in [2.45, 2.75) is 5.16 Å². The summed E-state index contributed by atoms with van der Waals surface area (Å²) in [5, 5.41) is 2.97. The normalized spacial score (nSPS) is 10.9. The van der Waals surface area contributed by atoms with Crippen molar-refractivity contribution < 1.29 is 13.6 Å². The molecule has 0 unspecified atom stereocenters. The maximum absolute atomic E-state index is 14.4. The molecule has 0 saturated carbocycles. The second kappa shape index (κ2) is 8.46. The van der Waals surface area contributed by atoms with Gasteiger partial charge < -0.3 is 5.32 Å². The van der Waals surface area contributed by atoms with Gasteiger partial charge in [0.25, 0.3) is 5.56 Å². The standard InChI is InChI=1S/C22H15F2N3O2S/c23-15-8-2-5-11-18(15)25-20(28)13-30-22-26-17-10-4-1-7-14(17)21(29)27(22)19-12-6-3-9-16(19)24/h1-12H,13H2,(H,25,28). The largest absolute Gasteiger partial charge is 0.323 e. The van der Waals surface area contributed by atoms with Gasteiger partial charge in [0.1, 0.15) is 11.6 Å². The van der Waals surface area contributed by atoms with Crippen molar-refractivity contribution in [3.63, 3.8) is 0 Å². The molecule has 8 heteroatoms. The third-order valence-electron chi connectivity index (χ3n) is 4.32. The highest BCUT2D eigenvalue weighted by atomic mass is 32.2. The molecule has 1 amide bonds. The van der Waals surface area contributed by atoms with Crippen molar-refractivity contribution in [2.24, 2.45) is 0 Å². The first-order chi connectivity index (χ1) is 14.5. The highest BCUT2D eigenvalue weighted by Gasteiger charge is 2.17. The Balaban J connectivity index is 1.70. The summed E-state index contributed by atoms with van der Waals surface area (Å²) in [6.07, 6.45) is 0. The van der Waals surface area contributed by atoms with Crippen molar-refractivity contribution in [2.75, 3.05) is 11.1 Å². The Morgan fingerprint density at radius 2 is 1.60 bits per heavy atom. The molecule has 0 atom stereocenters. The highest BCUT2D eigenvalue weighted by Crippen LogP contribution is 2.23. The number of thioether (sulfide) groups is 1. The maximum Gasteiger partial charge on any atom is 0.266 e. The van der Waals surface area contributed by atoms with Crippen LogP contribution in [0.25, 0.3) is 16.6 Å². The summed E-state index contributed by atoms with van der Waals surface area (Å²) in [5.41, 5.74) is 0.0913. The van der Waals surface area contributed by atoms with Crippen LogP contribution in [0.3, 0.4) is 0 Å². The first kappa shape index (κ1) is 19.8. The molecule has 1 heterocycles. The van der Waals surface area contributed by atoms with Crippen molar-refractivity contribution in [1.29, 1.82) is 0 Å². The molecule has 0 saturated heterocycles. The van der Waals surface area contributed by atoms with E-state index in [0.717, 1.165) is 16.3 Å². The number of nitrogens with one attached hydrogen (secondary N) is 1. The van der Waals surface area contributed by atoms with Gasteiger partial charge in [0, 0.05) is 0 Å². The molecular formula is C22H15F2N3O2S. The quantitative estimate of drug-likeness (QED) is 0.382. The van der Waals surface area contributed by atoms with Gasteiger partial charge in [-0.2, -0.15) is 0 Å². The van der Waals surface area contributed by atoms with E-state index < -0.39 is 23.1 Å². The van der Waals surface area contributed by atoms with Crippen LogP contribution in [0.15, 0.2) is 82.7 Å². The van der Waals surface area contributed by atoms with Crippen molar-refractivity contribution in [3.8, 4) is 5.69 Å². The van der Waals surface area contributed by atoms with Gasteiger partial charge in [-0.1, -0.05) is 48.2 Å². The van der Waals surface area contributed by atoms with Gasteiger partial charge in [0.2, 0.25) is 5.91 Å². The van der Waals surface area contributed by atoms with Crippen LogP contribution in [-0.2, 0) is 4.79 Å². The Morgan fingerprint density at radius 1 is 0.933 bits per heavy atom. The lowest BCUT2D eigenvalue weighted by atomic mass is 10.2. The summed E-state index contributed by atoms with van der Waals surface area (Å²) >= 11 is 0.963. The summed E-state index contributed by atoms with van der Waals surface area (Å²) < 4.78 is 29.3. The molecule has 1 N–H and O–H groups in total. The number of rotatable bonds is 5. The van der Waals surface area contributed by atoms with E-state index in [1.165, 1.54) is 36.4 Å². The van der Waals surface area contributed by atoms with Gasteiger partial charge in [-0.15, -0.1) is 0 Å². The zero-order valence-corrected chi connectivity index (χ0v) is 16.3. The van der Waals surface area contributed by atoms with Gasteiger partial charge in [-0.25, -0.2) is 13.8 Å². The zero-order chi connectivity index (χ0) is 21.1. The molecule has 1 aromatic heterocycles. The van der Waals surface area contributed by atoms with Crippen LogP contribution < -0.4 is 10.9 Å². The predicted octanol–water partition coefficient (Wildman–Crippen LogP) is 4.39. The van der Waals surface area contributed by atoms with E-state index in [9.17, 15) is 18.4 Å². The van der Waals surface area contributed by atoms with E-state index in [-0.39, 0.29) is 22.3 Å². The molecule has 150 valence electrons. The molecule has 4 rings (SSSR count). The van der Waals surface area contributed by atoms with Crippen molar-refractivity contribution in [1.82, 2.24) is 9.55 Å². The van der Waals surface area contributed by atoms with Crippen LogP contribution in [0.5, 0.6) is 0 Å². The summed E-state index contributed by atoms with van der Waals surface area (Å²) in [6, 6.07) is 18.4. The van der Waals surface area contributed by atoms with Gasteiger partial charge >= 0.3 is 0 Å². The van der Waals surface area contributed by atoms with Crippen LogP contribution in [0, 0.1) is 11.6 Å². The maximum atomic E-state index is 14.4. The fraction of sp³-hybridized carbons (Fsp3) is 0.0455. The molecule has 0 aliphatic rings. The number of anilines is 1. The SMILES string of the molecule is O=C(CSc1nc2ccccc2c(=O)n1-c1ccccc1F)Nc1ccccc1F. The second-order valence-electron chi connectivity index (χ2n) is 6.32. The number of carbonyl (C=O) groups is 1. The summed E-state index contributed by atoms with van der Waals surface area (Å²) in [4.78, 5) is 29.8. The third-order valence-corrected chi connectivity index (χ3v) is 5.26. The highest BCUT2D eigenvalue weighted by molar-refractivity contribution is 7.99. The number of carbonyl (C=O) groups excluding carboxylic acids is 1. The second-order valence-corrected chi connectivity index (χ2v) is 7.26. The number of hydrogen-bond donors (Lipinski definition) is 1. The summed E-state index contributed by atoms with van der Waals surface area (Å²) in [7, 11) is 0. The molecule has 4 aromatic rings. The van der Waals surface area contributed by atoms with E-state index in [4.69, 9.17) is 0 Å². The van der Waals surface area contributed by atoms with Gasteiger partial charge in [0.15, 0.2) is 5.16 Å². The molecule has 30 heavy (non-hydrogen) atoms. The van der Waals surface area contributed by atoms with E-state index >= 15 is 0 Å². The number of benzene rings is 3. The smallest absolute Gasteiger partial charge is 0.266 e. The molecule has 5 nitrogen and oxygen atoms in total. The number of nitrogens with zero attached hydrogens (tertiary/aromatic N) is 2. The van der Waals surface area contributed by atoms with Crippen molar-refractivity contribution in [3.05, 3.63) is 94.8 Å². The topological polar surface area (TPSA) is 64.0 Å². The van der Waals surface area contributed by atoms with Gasteiger partial charge in [-0.05, 0) is 36.4 Å². The first-order valence-electron chi connectivity index (χ1n) is 8.98. The predicted molar refractivity (Wildman–Crippen MR) is 113 cm³/mol. The molecular weight excluding hydrogens is 408 g/mol. The van der Waals surface area contributed by atoms with Crippen LogP contribution in [0.2, 0.25) is 0 Å².